The summed E-state index contributed by atoms with van der Waals surface area (Å²) in [5.74, 6) is -2.30. The predicted molar refractivity (Wildman–Crippen MR) is 128 cm³/mol. The molecule has 2 atom stereocenters. The second-order valence-corrected chi connectivity index (χ2v) is 8.99. The number of hydrogen-bond acceptors (Lipinski definition) is 5. The van der Waals surface area contributed by atoms with Gasteiger partial charge in [0.15, 0.2) is 5.69 Å². The van der Waals surface area contributed by atoms with Crippen molar-refractivity contribution in [2.24, 2.45) is 5.92 Å². The van der Waals surface area contributed by atoms with E-state index in [4.69, 9.17) is 4.74 Å². The molecule has 0 bridgehead atoms. The quantitative estimate of drug-likeness (QED) is 0.384. The number of hydrogen-bond donors (Lipinski definition) is 3. The van der Waals surface area contributed by atoms with Crippen LogP contribution in [0.4, 0.5) is 4.39 Å². The van der Waals surface area contributed by atoms with E-state index < -0.39 is 29.3 Å². The first-order valence-corrected chi connectivity index (χ1v) is 11.3. The zero-order chi connectivity index (χ0) is 25.6. The Bertz CT molecular complexity index is 1160. The van der Waals surface area contributed by atoms with Gasteiger partial charge in [-0.05, 0) is 37.0 Å². The Morgan fingerprint density at radius 3 is 2.43 bits per heavy atom. The molecule has 3 N–H and O–H groups in total. The van der Waals surface area contributed by atoms with Gasteiger partial charge in [0.25, 0.3) is 5.91 Å². The Balaban J connectivity index is 1.88. The van der Waals surface area contributed by atoms with Crippen molar-refractivity contribution in [3.05, 3.63) is 77.7 Å². The van der Waals surface area contributed by atoms with Crippen LogP contribution in [0.5, 0.6) is 5.88 Å². The van der Waals surface area contributed by atoms with Crippen LogP contribution in [0.2, 0.25) is 0 Å². The molecule has 8 nitrogen and oxygen atoms in total. The monoisotopic (exact) mass is 483 g/mol. The van der Waals surface area contributed by atoms with Gasteiger partial charge in [0.2, 0.25) is 5.88 Å². The Hall–Kier alpha value is -3.72. The molecule has 0 saturated carbocycles. The highest BCUT2D eigenvalue weighted by atomic mass is 19.1. The van der Waals surface area contributed by atoms with Gasteiger partial charge in [-0.3, -0.25) is 9.59 Å². The molecule has 0 aliphatic rings. The number of nitrogens with zero attached hydrogens (tertiary/aromatic N) is 2. The lowest BCUT2D eigenvalue weighted by atomic mass is 9.94. The molecule has 9 heteroatoms. The standard InChI is InChI=1S/C26H30FN3O5/c1-17(2)26(3,34)16-35-23-15-21(29-30(23)22-12-8-7-11-20(22)27)25(33)28-19(14-24(31)32)13-18-9-5-4-6-10-18/h4-12,15,17,19,34H,13-14,16H2,1-3H3,(H,28,33)(H,31,32)/t19?,26-/m0/s1. The van der Waals surface area contributed by atoms with Gasteiger partial charge in [-0.1, -0.05) is 56.3 Å². The number of aromatic nitrogens is 2. The maximum absolute atomic E-state index is 14.5. The fraction of sp³-hybridized carbons (Fsp3) is 0.346. The number of para-hydroxylation sites is 1. The predicted octanol–water partition coefficient (Wildman–Crippen LogP) is 3.61. The van der Waals surface area contributed by atoms with Crippen LogP contribution in [-0.2, 0) is 11.2 Å². The summed E-state index contributed by atoms with van der Waals surface area (Å²) in [4.78, 5) is 24.4. The molecule has 35 heavy (non-hydrogen) atoms. The molecule has 0 radical (unpaired) electrons. The Kier molecular flexibility index (Phi) is 8.24. The molecule has 1 unspecified atom stereocenters. The molecule has 1 aromatic heterocycles. The molecular formula is C26H30FN3O5. The van der Waals surface area contributed by atoms with Crippen LogP contribution in [0.1, 0.15) is 43.2 Å². The van der Waals surface area contributed by atoms with E-state index in [1.54, 1.807) is 13.0 Å². The fourth-order valence-electron chi connectivity index (χ4n) is 3.30. The minimum atomic E-state index is -1.17. The first-order valence-electron chi connectivity index (χ1n) is 11.3. The van der Waals surface area contributed by atoms with Crippen molar-refractivity contribution in [1.82, 2.24) is 15.1 Å². The lowest BCUT2D eigenvalue weighted by molar-refractivity contribution is -0.137. The van der Waals surface area contributed by atoms with E-state index in [1.807, 2.05) is 44.2 Å². The Morgan fingerprint density at radius 2 is 1.80 bits per heavy atom. The Labute approximate surface area is 203 Å². The molecule has 0 saturated heterocycles. The molecule has 1 amide bonds. The van der Waals surface area contributed by atoms with Gasteiger partial charge in [0.05, 0.1) is 12.0 Å². The van der Waals surface area contributed by atoms with E-state index in [0.717, 1.165) is 10.2 Å². The van der Waals surface area contributed by atoms with Gasteiger partial charge in [-0.15, -0.1) is 0 Å². The first kappa shape index (κ1) is 25.9. The molecule has 2 aromatic carbocycles. The van der Waals surface area contributed by atoms with Crippen LogP contribution >= 0.6 is 0 Å². The smallest absolute Gasteiger partial charge is 0.305 e. The second kappa shape index (κ2) is 11.1. The van der Waals surface area contributed by atoms with Crippen molar-refractivity contribution in [3.8, 4) is 11.6 Å². The van der Waals surface area contributed by atoms with Gasteiger partial charge in [-0.25, -0.2) is 4.39 Å². The minimum absolute atomic E-state index is 0.0668. The van der Waals surface area contributed by atoms with Gasteiger partial charge >= 0.3 is 5.97 Å². The first-order chi connectivity index (χ1) is 16.6. The topological polar surface area (TPSA) is 114 Å². The van der Waals surface area contributed by atoms with Crippen molar-refractivity contribution in [2.75, 3.05) is 6.61 Å². The van der Waals surface area contributed by atoms with E-state index in [2.05, 4.69) is 10.4 Å². The summed E-state index contributed by atoms with van der Waals surface area (Å²) in [6, 6.07) is 15.8. The summed E-state index contributed by atoms with van der Waals surface area (Å²) in [5, 5.41) is 26.8. The van der Waals surface area contributed by atoms with Crippen molar-refractivity contribution in [1.29, 1.82) is 0 Å². The number of carboxylic acids is 1. The third kappa shape index (κ3) is 6.89. The molecule has 1 heterocycles. The number of benzene rings is 2. The summed E-state index contributed by atoms with van der Waals surface area (Å²) < 4.78 is 21.5. The summed E-state index contributed by atoms with van der Waals surface area (Å²) in [7, 11) is 0. The molecule has 0 aliphatic heterocycles. The fourth-order valence-corrected chi connectivity index (χ4v) is 3.30. The van der Waals surface area contributed by atoms with Gasteiger partial charge in [0, 0.05) is 12.1 Å². The number of rotatable bonds is 11. The number of nitrogens with one attached hydrogen (secondary N) is 1. The largest absolute Gasteiger partial charge is 0.481 e. The van der Waals surface area contributed by atoms with Crippen LogP contribution in [0.25, 0.3) is 5.69 Å². The van der Waals surface area contributed by atoms with Crippen molar-refractivity contribution < 1.29 is 28.9 Å². The number of carboxylic acid groups (broad SMARTS) is 1. The normalized spacial score (nSPS) is 13.8. The van der Waals surface area contributed by atoms with Crippen LogP contribution in [0, 0.1) is 11.7 Å². The van der Waals surface area contributed by atoms with Crippen molar-refractivity contribution >= 4 is 11.9 Å². The van der Waals surface area contributed by atoms with Crippen molar-refractivity contribution in [2.45, 2.75) is 45.3 Å². The molecule has 0 spiro atoms. The lowest BCUT2D eigenvalue weighted by Crippen LogP contribution is -2.38. The molecule has 3 aromatic rings. The van der Waals surface area contributed by atoms with E-state index in [9.17, 15) is 24.2 Å². The minimum Gasteiger partial charge on any atom is -0.481 e. The number of halogens is 1. The summed E-state index contributed by atoms with van der Waals surface area (Å²) >= 11 is 0. The van der Waals surface area contributed by atoms with Gasteiger partial charge in [0.1, 0.15) is 18.1 Å². The number of carbonyl (C=O) groups excluding carboxylic acids is 1. The molecule has 0 aliphatic carbocycles. The van der Waals surface area contributed by atoms with E-state index in [1.165, 1.54) is 24.3 Å². The van der Waals surface area contributed by atoms with Gasteiger partial charge < -0.3 is 20.3 Å². The highest BCUT2D eigenvalue weighted by molar-refractivity contribution is 5.93. The molecule has 3 rings (SSSR count). The van der Waals surface area contributed by atoms with E-state index in [0.29, 0.717) is 6.42 Å². The molecule has 186 valence electrons. The number of ether oxygens (including phenoxy) is 1. The van der Waals surface area contributed by atoms with Crippen molar-refractivity contribution in [3.63, 3.8) is 0 Å². The summed E-state index contributed by atoms with van der Waals surface area (Å²) in [6.45, 7) is 5.19. The van der Waals surface area contributed by atoms with Crippen LogP contribution in [-0.4, -0.2) is 50.1 Å². The Morgan fingerprint density at radius 1 is 1.14 bits per heavy atom. The highest BCUT2D eigenvalue weighted by Gasteiger charge is 2.28. The average molecular weight is 484 g/mol. The number of aliphatic carboxylic acids is 1. The third-order valence-electron chi connectivity index (χ3n) is 5.83. The maximum Gasteiger partial charge on any atom is 0.305 e. The number of carbonyl (C=O) groups is 2. The average Bonchev–Trinajstić information content (AvgIpc) is 3.22. The number of amides is 1. The SMILES string of the molecule is CC(C)[C@@](C)(O)COc1cc(C(=O)NC(CC(=O)O)Cc2ccccc2)nn1-c1ccccc1F. The number of aliphatic hydroxyl groups is 1. The lowest BCUT2D eigenvalue weighted by Gasteiger charge is -2.27. The molecule has 0 fully saturated rings. The highest BCUT2D eigenvalue weighted by Crippen LogP contribution is 2.24. The van der Waals surface area contributed by atoms with Crippen LogP contribution < -0.4 is 10.1 Å². The summed E-state index contributed by atoms with van der Waals surface area (Å²) in [6.07, 6.45) is 0.0305. The third-order valence-corrected chi connectivity index (χ3v) is 5.83. The van der Waals surface area contributed by atoms with Crippen LogP contribution in [0.3, 0.4) is 0 Å². The maximum atomic E-state index is 14.5. The van der Waals surface area contributed by atoms with Crippen LogP contribution in [0.15, 0.2) is 60.7 Å². The van der Waals surface area contributed by atoms with Gasteiger partial charge in [-0.2, -0.15) is 9.78 Å². The molecular weight excluding hydrogens is 453 g/mol. The zero-order valence-electron chi connectivity index (χ0n) is 19.9. The van der Waals surface area contributed by atoms with E-state index >= 15 is 0 Å². The van der Waals surface area contributed by atoms with E-state index in [-0.39, 0.29) is 36.2 Å². The second-order valence-electron chi connectivity index (χ2n) is 8.99. The summed E-state index contributed by atoms with van der Waals surface area (Å²) in [5.41, 5.74) is -0.307. The zero-order valence-corrected chi connectivity index (χ0v) is 19.9.